The highest BCUT2D eigenvalue weighted by atomic mass is 16.5. The molecule has 6 nitrogen and oxygen atoms in total. The molecule has 1 aromatic carbocycles. The minimum Gasteiger partial charge on any atom is -0.481 e. The fraction of sp³-hybridized carbons (Fsp3) is 0.200. The Balaban J connectivity index is 2.87. The summed E-state index contributed by atoms with van der Waals surface area (Å²) in [6.45, 7) is 0. The molecule has 3 N–H and O–H groups in total. The number of para-hydroxylation sites is 1. The molecule has 1 atom stereocenters. The van der Waals surface area contributed by atoms with E-state index in [1.807, 2.05) is 0 Å². The summed E-state index contributed by atoms with van der Waals surface area (Å²) in [6.07, 6.45) is -0.680. The van der Waals surface area contributed by atoms with Crippen LogP contribution in [0.1, 0.15) is 6.42 Å². The lowest BCUT2D eigenvalue weighted by atomic mass is 10.2. The zero-order valence-corrected chi connectivity index (χ0v) is 8.28. The first-order chi connectivity index (χ1) is 7.52. The van der Waals surface area contributed by atoms with E-state index in [1.54, 1.807) is 18.2 Å². The van der Waals surface area contributed by atoms with Crippen LogP contribution in [-0.2, 0) is 9.59 Å². The van der Waals surface area contributed by atoms with Crippen LogP contribution in [0.4, 0.5) is 5.69 Å². The smallest absolute Gasteiger partial charge is 0.329 e. The van der Waals surface area contributed by atoms with Crippen LogP contribution in [0.5, 0.6) is 0 Å². The van der Waals surface area contributed by atoms with Gasteiger partial charge in [-0.15, -0.1) is 0 Å². The summed E-state index contributed by atoms with van der Waals surface area (Å²) in [6, 6.07) is 6.39. The summed E-state index contributed by atoms with van der Waals surface area (Å²) < 4.78 is 0. The van der Waals surface area contributed by atoms with E-state index >= 15 is 0 Å². The molecule has 16 heavy (non-hydrogen) atoms. The lowest BCUT2D eigenvalue weighted by Crippen LogP contribution is -2.40. The molecule has 0 saturated heterocycles. The molecule has 0 aliphatic rings. The van der Waals surface area contributed by atoms with Crippen molar-refractivity contribution in [2.24, 2.45) is 0 Å². The Morgan fingerprint density at radius 3 is 2.19 bits per heavy atom. The van der Waals surface area contributed by atoms with Crippen LogP contribution < -0.4 is 5.06 Å². The van der Waals surface area contributed by atoms with E-state index < -0.39 is 24.4 Å². The van der Waals surface area contributed by atoms with Crippen molar-refractivity contribution in [2.75, 3.05) is 5.06 Å². The van der Waals surface area contributed by atoms with Gasteiger partial charge in [-0.05, 0) is 12.1 Å². The number of benzene rings is 1. The second kappa shape index (κ2) is 5.13. The predicted octanol–water partition coefficient (Wildman–Crippen LogP) is 0.810. The van der Waals surface area contributed by atoms with Gasteiger partial charge in [-0.2, -0.15) is 0 Å². The van der Waals surface area contributed by atoms with Gasteiger partial charge in [0, 0.05) is 0 Å². The Hall–Kier alpha value is -2.08. The minimum absolute atomic E-state index is 0.233. The first-order valence-electron chi connectivity index (χ1n) is 4.50. The van der Waals surface area contributed by atoms with E-state index in [-0.39, 0.29) is 5.69 Å². The van der Waals surface area contributed by atoms with Crippen LogP contribution in [-0.4, -0.2) is 33.4 Å². The molecule has 1 aromatic rings. The molecular weight excluding hydrogens is 214 g/mol. The fourth-order valence-electron chi connectivity index (χ4n) is 1.20. The van der Waals surface area contributed by atoms with E-state index in [0.29, 0.717) is 5.06 Å². The van der Waals surface area contributed by atoms with E-state index in [4.69, 9.17) is 10.2 Å². The number of nitrogens with zero attached hydrogens (tertiary/aromatic N) is 1. The SMILES string of the molecule is O=C(O)CC(C(=O)O)N(O)c1ccccc1. The first kappa shape index (κ1) is 12.0. The van der Waals surface area contributed by atoms with Crippen molar-refractivity contribution in [3.8, 4) is 0 Å². The van der Waals surface area contributed by atoms with E-state index in [2.05, 4.69) is 0 Å². The zero-order chi connectivity index (χ0) is 12.1. The second-order valence-electron chi connectivity index (χ2n) is 3.13. The summed E-state index contributed by atoms with van der Waals surface area (Å²) in [4.78, 5) is 21.2. The molecule has 0 amide bonds. The Kier molecular flexibility index (Phi) is 3.84. The number of aliphatic carboxylic acids is 2. The summed E-state index contributed by atoms with van der Waals surface area (Å²) in [5, 5.41) is 27.3. The monoisotopic (exact) mass is 225 g/mol. The van der Waals surface area contributed by atoms with Gasteiger partial charge >= 0.3 is 11.9 Å². The van der Waals surface area contributed by atoms with Gasteiger partial charge in [-0.25, -0.2) is 9.86 Å². The predicted molar refractivity (Wildman–Crippen MR) is 54.4 cm³/mol. The normalized spacial score (nSPS) is 11.8. The molecule has 1 unspecified atom stereocenters. The molecule has 86 valence electrons. The van der Waals surface area contributed by atoms with Gasteiger partial charge < -0.3 is 10.2 Å². The Labute approximate surface area is 91.3 Å². The van der Waals surface area contributed by atoms with E-state index in [1.165, 1.54) is 12.1 Å². The van der Waals surface area contributed by atoms with Crippen molar-refractivity contribution in [3.63, 3.8) is 0 Å². The van der Waals surface area contributed by atoms with Crippen molar-refractivity contribution >= 4 is 17.6 Å². The fourth-order valence-corrected chi connectivity index (χ4v) is 1.20. The number of hydrogen-bond acceptors (Lipinski definition) is 4. The van der Waals surface area contributed by atoms with E-state index in [0.717, 1.165) is 0 Å². The average molecular weight is 225 g/mol. The van der Waals surface area contributed by atoms with Crippen LogP contribution >= 0.6 is 0 Å². The topological polar surface area (TPSA) is 98.1 Å². The standard InChI is InChI=1S/C10H11NO5/c12-9(13)6-8(10(14)15)11(16)7-4-2-1-3-5-7/h1-5,8,16H,6H2,(H,12,13)(H,14,15). The van der Waals surface area contributed by atoms with Crippen molar-refractivity contribution in [3.05, 3.63) is 30.3 Å². The largest absolute Gasteiger partial charge is 0.481 e. The quantitative estimate of drug-likeness (QED) is 0.641. The number of hydroxylamine groups is 1. The maximum Gasteiger partial charge on any atom is 0.329 e. The average Bonchev–Trinajstić information content (AvgIpc) is 2.25. The maximum absolute atomic E-state index is 10.8. The van der Waals surface area contributed by atoms with Crippen molar-refractivity contribution in [1.29, 1.82) is 0 Å². The Morgan fingerprint density at radius 2 is 1.75 bits per heavy atom. The molecule has 0 spiro atoms. The summed E-state index contributed by atoms with van der Waals surface area (Å²) in [5.41, 5.74) is 0.233. The second-order valence-corrected chi connectivity index (χ2v) is 3.13. The lowest BCUT2D eigenvalue weighted by Gasteiger charge is -2.22. The lowest BCUT2D eigenvalue weighted by molar-refractivity contribution is -0.146. The molecule has 6 heteroatoms. The van der Waals surface area contributed by atoms with Gasteiger partial charge in [0.1, 0.15) is 0 Å². The van der Waals surface area contributed by atoms with Crippen LogP contribution in [0.3, 0.4) is 0 Å². The van der Waals surface area contributed by atoms with Gasteiger partial charge in [0.25, 0.3) is 0 Å². The molecule has 0 heterocycles. The molecule has 0 radical (unpaired) electrons. The summed E-state index contributed by atoms with van der Waals surface area (Å²) >= 11 is 0. The molecule has 0 bridgehead atoms. The number of carboxylic acids is 2. The number of hydrogen-bond donors (Lipinski definition) is 3. The summed E-state index contributed by atoms with van der Waals surface area (Å²) in [7, 11) is 0. The first-order valence-corrected chi connectivity index (χ1v) is 4.50. The third-order valence-electron chi connectivity index (χ3n) is 1.97. The third-order valence-corrected chi connectivity index (χ3v) is 1.97. The third kappa shape index (κ3) is 2.96. The maximum atomic E-state index is 10.8. The van der Waals surface area contributed by atoms with Crippen molar-refractivity contribution in [2.45, 2.75) is 12.5 Å². The molecule has 1 rings (SSSR count). The van der Waals surface area contributed by atoms with Gasteiger partial charge in [0.2, 0.25) is 0 Å². The van der Waals surface area contributed by atoms with Crippen molar-refractivity contribution < 1.29 is 25.0 Å². The Morgan fingerprint density at radius 1 is 1.19 bits per heavy atom. The number of rotatable bonds is 5. The van der Waals surface area contributed by atoms with Crippen LogP contribution in [0.15, 0.2) is 30.3 Å². The number of carbonyl (C=O) groups is 2. The van der Waals surface area contributed by atoms with Crippen LogP contribution in [0, 0.1) is 0 Å². The molecule has 0 aliphatic carbocycles. The zero-order valence-electron chi connectivity index (χ0n) is 8.28. The van der Waals surface area contributed by atoms with Gasteiger partial charge in [0.15, 0.2) is 6.04 Å². The highest BCUT2D eigenvalue weighted by Crippen LogP contribution is 2.15. The highest BCUT2D eigenvalue weighted by molar-refractivity contribution is 5.83. The Bertz CT molecular complexity index is 378. The van der Waals surface area contributed by atoms with Gasteiger partial charge in [-0.3, -0.25) is 10.0 Å². The highest BCUT2D eigenvalue weighted by Gasteiger charge is 2.27. The minimum atomic E-state index is -1.50. The van der Waals surface area contributed by atoms with Crippen LogP contribution in [0.25, 0.3) is 0 Å². The van der Waals surface area contributed by atoms with E-state index in [9.17, 15) is 14.8 Å². The molecular formula is C10H11NO5. The van der Waals surface area contributed by atoms with Crippen molar-refractivity contribution in [1.82, 2.24) is 0 Å². The molecule has 0 aromatic heterocycles. The van der Waals surface area contributed by atoms with Crippen LogP contribution in [0.2, 0.25) is 0 Å². The molecule has 0 saturated carbocycles. The van der Waals surface area contributed by atoms with Gasteiger partial charge in [0.05, 0.1) is 12.1 Å². The summed E-state index contributed by atoms with van der Waals surface area (Å²) in [5.74, 6) is -2.68. The number of carboxylic acid groups (broad SMARTS) is 2. The molecule has 0 aliphatic heterocycles. The van der Waals surface area contributed by atoms with Gasteiger partial charge in [-0.1, -0.05) is 18.2 Å². The molecule has 0 fully saturated rings. The number of anilines is 1.